The third-order valence-corrected chi connectivity index (χ3v) is 8.96. The minimum absolute atomic E-state index is 0.214. The molecule has 0 N–H and O–H groups in total. The third-order valence-electron chi connectivity index (χ3n) is 8.96. The van der Waals surface area contributed by atoms with Crippen LogP contribution in [0.15, 0.2) is 109 Å². The number of rotatable bonds is 8. The fourth-order valence-electron chi connectivity index (χ4n) is 5.85. The number of fused-ring (bicyclic) bond motifs is 2. The van der Waals surface area contributed by atoms with E-state index >= 15 is 0 Å². The highest BCUT2D eigenvalue weighted by atomic mass is 15.2. The largest absolute Gasteiger partial charge is 0.330 e. The molecule has 0 aliphatic rings. The van der Waals surface area contributed by atoms with Gasteiger partial charge in [-0.25, -0.2) is 0 Å². The first kappa shape index (κ1) is 25.1. The SMILES string of the molecule is CCC(C)(CC)c1ccc(C(C)(CC)N(c2cccc3ccccc23)c2cccc3ccccc23)cc1. The molecule has 0 amide bonds. The Kier molecular flexibility index (Phi) is 6.82. The number of anilines is 2. The van der Waals surface area contributed by atoms with Crippen LogP contribution in [0.5, 0.6) is 0 Å². The van der Waals surface area contributed by atoms with Crippen LogP contribution >= 0.6 is 0 Å². The van der Waals surface area contributed by atoms with Crippen molar-refractivity contribution in [2.75, 3.05) is 4.90 Å². The van der Waals surface area contributed by atoms with Crippen molar-refractivity contribution in [3.05, 3.63) is 120 Å². The quantitative estimate of drug-likeness (QED) is 0.211. The molecular weight excluding hydrogens is 446 g/mol. The Balaban J connectivity index is 1.77. The van der Waals surface area contributed by atoms with Gasteiger partial charge in [0.1, 0.15) is 0 Å². The normalized spacial score (nSPS) is 13.5. The van der Waals surface area contributed by atoms with Crippen LogP contribution in [0.3, 0.4) is 0 Å². The fraction of sp³-hybridized carbons (Fsp3) is 0.278. The minimum Gasteiger partial charge on any atom is -0.330 e. The molecule has 37 heavy (non-hydrogen) atoms. The smallest absolute Gasteiger partial charge is 0.0672 e. The summed E-state index contributed by atoms with van der Waals surface area (Å²) in [6, 6.07) is 40.4. The zero-order chi connectivity index (χ0) is 26.0. The van der Waals surface area contributed by atoms with E-state index in [1.807, 2.05) is 0 Å². The van der Waals surface area contributed by atoms with E-state index in [-0.39, 0.29) is 11.0 Å². The number of nitrogens with zero attached hydrogens (tertiary/aromatic N) is 1. The highest BCUT2D eigenvalue weighted by molar-refractivity contribution is 6.02. The van der Waals surface area contributed by atoms with Gasteiger partial charge in [0.2, 0.25) is 0 Å². The molecule has 0 saturated carbocycles. The molecule has 0 aliphatic carbocycles. The van der Waals surface area contributed by atoms with Crippen molar-refractivity contribution < 1.29 is 0 Å². The average Bonchev–Trinajstić information content (AvgIpc) is 2.97. The summed E-state index contributed by atoms with van der Waals surface area (Å²) < 4.78 is 0. The number of benzene rings is 5. The molecule has 0 heterocycles. The minimum atomic E-state index is -0.248. The molecule has 1 atom stereocenters. The van der Waals surface area contributed by atoms with Gasteiger partial charge in [0, 0.05) is 22.1 Å². The maximum atomic E-state index is 2.60. The van der Waals surface area contributed by atoms with Crippen LogP contribution in [0.1, 0.15) is 65.0 Å². The predicted octanol–water partition coefficient (Wildman–Crippen LogP) is 10.5. The molecule has 0 saturated heterocycles. The Hall–Kier alpha value is -3.58. The second kappa shape index (κ2) is 10.1. The lowest BCUT2D eigenvalue weighted by Crippen LogP contribution is -2.40. The summed E-state index contributed by atoms with van der Waals surface area (Å²) in [7, 11) is 0. The molecule has 1 nitrogen and oxygen atoms in total. The molecule has 0 aromatic heterocycles. The molecule has 1 heteroatoms. The summed E-state index contributed by atoms with van der Waals surface area (Å²) in [4.78, 5) is 2.60. The summed E-state index contributed by atoms with van der Waals surface area (Å²) in [5.41, 5.74) is 5.23. The van der Waals surface area contributed by atoms with Gasteiger partial charge in [0.05, 0.1) is 5.54 Å². The van der Waals surface area contributed by atoms with Crippen LogP contribution in [0.4, 0.5) is 11.4 Å². The zero-order valence-corrected chi connectivity index (χ0v) is 23.0. The molecule has 0 spiro atoms. The summed E-state index contributed by atoms with van der Waals surface area (Å²) >= 11 is 0. The Morgan fingerprint density at radius 3 is 1.38 bits per heavy atom. The van der Waals surface area contributed by atoms with Gasteiger partial charge in [-0.1, -0.05) is 125 Å². The van der Waals surface area contributed by atoms with Gasteiger partial charge in [0.15, 0.2) is 0 Å². The van der Waals surface area contributed by atoms with Crippen molar-refractivity contribution in [3.63, 3.8) is 0 Å². The third kappa shape index (κ3) is 4.31. The molecule has 0 radical (unpaired) electrons. The van der Waals surface area contributed by atoms with Crippen LogP contribution < -0.4 is 4.90 Å². The lowest BCUT2D eigenvalue weighted by atomic mass is 9.76. The molecule has 5 aromatic rings. The van der Waals surface area contributed by atoms with Gasteiger partial charge in [-0.15, -0.1) is 0 Å². The maximum Gasteiger partial charge on any atom is 0.0672 e. The number of hydrogen-bond donors (Lipinski definition) is 0. The van der Waals surface area contributed by atoms with Gasteiger partial charge in [0.25, 0.3) is 0 Å². The van der Waals surface area contributed by atoms with Crippen molar-refractivity contribution in [1.82, 2.24) is 0 Å². The second-order valence-electron chi connectivity index (χ2n) is 10.8. The van der Waals surface area contributed by atoms with Crippen molar-refractivity contribution in [2.24, 2.45) is 0 Å². The van der Waals surface area contributed by atoms with Gasteiger partial charge in [-0.3, -0.25) is 0 Å². The molecule has 0 fully saturated rings. The van der Waals surface area contributed by atoms with E-state index in [4.69, 9.17) is 0 Å². The van der Waals surface area contributed by atoms with Gasteiger partial charge in [-0.2, -0.15) is 0 Å². The lowest BCUT2D eigenvalue weighted by Gasteiger charge is -2.44. The van der Waals surface area contributed by atoms with E-state index in [1.54, 1.807) is 0 Å². The summed E-state index contributed by atoms with van der Waals surface area (Å²) in [6.07, 6.45) is 3.26. The predicted molar refractivity (Wildman–Crippen MR) is 162 cm³/mol. The Bertz CT molecular complexity index is 1420. The zero-order valence-electron chi connectivity index (χ0n) is 23.0. The van der Waals surface area contributed by atoms with E-state index in [0.717, 1.165) is 19.3 Å². The standard InChI is InChI=1S/C36H39N/c1-6-35(4,7-2)29-23-25-30(26-24-29)36(5,8-3)37(33-21-13-17-27-15-9-11-19-31(27)33)34-22-14-18-28-16-10-12-20-32(28)34/h9-26H,6-8H2,1-5H3. The van der Waals surface area contributed by atoms with E-state index in [1.165, 1.54) is 44.0 Å². The molecule has 1 unspecified atom stereocenters. The number of hydrogen-bond acceptors (Lipinski definition) is 1. The van der Waals surface area contributed by atoms with E-state index in [9.17, 15) is 0 Å². The van der Waals surface area contributed by atoms with Crippen molar-refractivity contribution >= 4 is 32.9 Å². The monoisotopic (exact) mass is 485 g/mol. The maximum absolute atomic E-state index is 2.60. The van der Waals surface area contributed by atoms with Crippen LogP contribution in [0.2, 0.25) is 0 Å². The Morgan fingerprint density at radius 1 is 0.486 bits per heavy atom. The van der Waals surface area contributed by atoms with Crippen LogP contribution in [-0.2, 0) is 11.0 Å². The van der Waals surface area contributed by atoms with Crippen molar-refractivity contribution in [3.8, 4) is 0 Å². The fourth-order valence-corrected chi connectivity index (χ4v) is 5.85. The lowest BCUT2D eigenvalue weighted by molar-refractivity contribution is 0.436. The topological polar surface area (TPSA) is 3.24 Å². The highest BCUT2D eigenvalue weighted by Gasteiger charge is 2.35. The van der Waals surface area contributed by atoms with E-state index in [2.05, 4.69) is 149 Å². The first-order valence-electron chi connectivity index (χ1n) is 13.8. The van der Waals surface area contributed by atoms with Gasteiger partial charge < -0.3 is 4.90 Å². The van der Waals surface area contributed by atoms with Crippen LogP contribution in [0, 0.1) is 0 Å². The van der Waals surface area contributed by atoms with Gasteiger partial charge >= 0.3 is 0 Å². The van der Waals surface area contributed by atoms with Gasteiger partial charge in [-0.05, 0) is 65.6 Å². The molecular formula is C36H39N. The molecule has 5 rings (SSSR count). The molecule has 0 bridgehead atoms. The Morgan fingerprint density at radius 2 is 0.919 bits per heavy atom. The van der Waals surface area contributed by atoms with Crippen LogP contribution in [0.25, 0.3) is 21.5 Å². The van der Waals surface area contributed by atoms with E-state index in [0.29, 0.717) is 0 Å². The van der Waals surface area contributed by atoms with Crippen molar-refractivity contribution in [2.45, 2.75) is 64.8 Å². The summed E-state index contributed by atoms with van der Waals surface area (Å²) in [5, 5.41) is 5.08. The van der Waals surface area contributed by atoms with E-state index < -0.39 is 0 Å². The average molecular weight is 486 g/mol. The highest BCUT2D eigenvalue weighted by Crippen LogP contribution is 2.47. The molecule has 188 valence electrons. The van der Waals surface area contributed by atoms with Crippen molar-refractivity contribution in [1.29, 1.82) is 0 Å². The first-order chi connectivity index (χ1) is 17.9. The second-order valence-corrected chi connectivity index (χ2v) is 10.8. The summed E-state index contributed by atoms with van der Waals surface area (Å²) in [6.45, 7) is 11.7. The molecule has 5 aromatic carbocycles. The van der Waals surface area contributed by atoms with Crippen LogP contribution in [-0.4, -0.2) is 0 Å². The summed E-state index contributed by atoms with van der Waals surface area (Å²) in [5.74, 6) is 0. The first-order valence-corrected chi connectivity index (χ1v) is 13.8. The Labute approximate surface area is 222 Å². The molecule has 0 aliphatic heterocycles.